The first-order valence-corrected chi connectivity index (χ1v) is 5.21. The molecule has 0 spiro atoms. The smallest absolute Gasteiger partial charge is 0.316 e. The fourth-order valence-corrected chi connectivity index (χ4v) is 1.91. The van der Waals surface area contributed by atoms with Crippen LogP contribution in [0.4, 0.5) is 0 Å². The fraction of sp³-hybridized carbons (Fsp3) is 0.714. The zero-order valence-corrected chi connectivity index (χ0v) is 8.24. The normalized spacial score (nSPS) is 21.5. The number of hydrogen-bond acceptors (Lipinski definition) is 4. The molecular weight excluding hydrogens is 210 g/mol. The SMILES string of the molecule is O=COC(=O)C1CCN(S(=O)O)CC1. The Labute approximate surface area is 83.6 Å². The van der Waals surface area contributed by atoms with Gasteiger partial charge in [-0.25, -0.2) is 8.51 Å². The number of hydrogen-bond donors (Lipinski definition) is 1. The van der Waals surface area contributed by atoms with Gasteiger partial charge < -0.3 is 4.74 Å². The van der Waals surface area contributed by atoms with Crippen molar-refractivity contribution in [3.63, 3.8) is 0 Å². The van der Waals surface area contributed by atoms with E-state index >= 15 is 0 Å². The van der Waals surface area contributed by atoms with Gasteiger partial charge in [-0.1, -0.05) is 0 Å². The second-order valence-electron chi connectivity index (χ2n) is 2.97. The molecule has 80 valence electrons. The lowest BCUT2D eigenvalue weighted by molar-refractivity contribution is -0.155. The summed E-state index contributed by atoms with van der Waals surface area (Å²) < 4.78 is 24.9. The van der Waals surface area contributed by atoms with Gasteiger partial charge in [0.2, 0.25) is 11.3 Å². The number of carbonyl (C=O) groups is 2. The Balaban J connectivity index is 2.38. The van der Waals surface area contributed by atoms with Crippen molar-refractivity contribution in [3.8, 4) is 0 Å². The van der Waals surface area contributed by atoms with E-state index in [9.17, 15) is 13.8 Å². The predicted octanol–water partition coefficient (Wildman–Crippen LogP) is -0.465. The topological polar surface area (TPSA) is 83.9 Å². The summed E-state index contributed by atoms with van der Waals surface area (Å²) in [6.07, 6.45) is 0.887. The van der Waals surface area contributed by atoms with Crippen LogP contribution in [0.1, 0.15) is 12.8 Å². The first-order valence-electron chi connectivity index (χ1n) is 4.15. The molecule has 1 fully saturated rings. The van der Waals surface area contributed by atoms with Gasteiger partial charge in [-0.2, -0.15) is 0 Å². The quantitative estimate of drug-likeness (QED) is 0.301. The number of esters is 1. The second kappa shape index (κ2) is 5.18. The van der Waals surface area contributed by atoms with Crippen LogP contribution >= 0.6 is 0 Å². The molecule has 0 aromatic heterocycles. The monoisotopic (exact) mass is 221 g/mol. The molecule has 1 N–H and O–H groups in total. The summed E-state index contributed by atoms with van der Waals surface area (Å²) in [7, 11) is 0. The van der Waals surface area contributed by atoms with Gasteiger partial charge in [0.25, 0.3) is 0 Å². The molecule has 1 aliphatic rings. The largest absolute Gasteiger partial charge is 0.395 e. The molecule has 0 radical (unpaired) electrons. The number of rotatable bonds is 3. The van der Waals surface area contributed by atoms with Crippen LogP contribution < -0.4 is 0 Å². The molecule has 0 aromatic rings. The molecule has 1 atom stereocenters. The van der Waals surface area contributed by atoms with Crippen LogP contribution in [0.3, 0.4) is 0 Å². The minimum absolute atomic E-state index is 0.110. The van der Waals surface area contributed by atoms with Gasteiger partial charge in [0.1, 0.15) is 0 Å². The molecule has 0 saturated carbocycles. The van der Waals surface area contributed by atoms with Crippen LogP contribution in [0.5, 0.6) is 0 Å². The molecule has 6 nitrogen and oxygen atoms in total. The van der Waals surface area contributed by atoms with Crippen molar-refractivity contribution in [2.45, 2.75) is 12.8 Å². The van der Waals surface area contributed by atoms with Crippen molar-refractivity contribution in [3.05, 3.63) is 0 Å². The molecule has 1 aliphatic heterocycles. The van der Waals surface area contributed by atoms with Crippen molar-refractivity contribution in [2.24, 2.45) is 5.92 Å². The average Bonchev–Trinajstić information content (AvgIpc) is 2.18. The van der Waals surface area contributed by atoms with Crippen molar-refractivity contribution >= 4 is 23.7 Å². The molecule has 1 rings (SSSR count). The maximum absolute atomic E-state index is 11.1. The van der Waals surface area contributed by atoms with Crippen molar-refractivity contribution in [2.75, 3.05) is 13.1 Å². The molecule has 1 heterocycles. The molecular formula is C7H11NO5S. The van der Waals surface area contributed by atoms with Gasteiger partial charge in [-0.3, -0.25) is 14.1 Å². The zero-order chi connectivity index (χ0) is 10.6. The minimum Gasteiger partial charge on any atom is -0.395 e. The van der Waals surface area contributed by atoms with E-state index in [1.54, 1.807) is 0 Å². The summed E-state index contributed by atoms with van der Waals surface area (Å²) >= 11 is -1.97. The van der Waals surface area contributed by atoms with E-state index in [0.29, 0.717) is 25.9 Å². The van der Waals surface area contributed by atoms with E-state index in [4.69, 9.17) is 4.55 Å². The molecule has 7 heteroatoms. The fourth-order valence-electron chi connectivity index (χ4n) is 1.39. The summed E-state index contributed by atoms with van der Waals surface area (Å²) in [5.74, 6) is -0.886. The predicted molar refractivity (Wildman–Crippen MR) is 47.2 cm³/mol. The second-order valence-corrected chi connectivity index (χ2v) is 3.94. The maximum Gasteiger partial charge on any atom is 0.316 e. The summed E-state index contributed by atoms with van der Waals surface area (Å²) in [5, 5.41) is 0. The molecule has 14 heavy (non-hydrogen) atoms. The number of piperidine rings is 1. The third kappa shape index (κ3) is 2.86. The van der Waals surface area contributed by atoms with Gasteiger partial charge in [-0.05, 0) is 12.8 Å². The third-order valence-corrected chi connectivity index (χ3v) is 2.98. The Morgan fingerprint density at radius 3 is 2.50 bits per heavy atom. The Morgan fingerprint density at radius 1 is 1.50 bits per heavy atom. The minimum atomic E-state index is -1.97. The van der Waals surface area contributed by atoms with E-state index in [0.717, 1.165) is 0 Å². The molecule has 0 aromatic carbocycles. The first-order chi connectivity index (χ1) is 6.65. The lowest BCUT2D eigenvalue weighted by Crippen LogP contribution is -2.37. The van der Waals surface area contributed by atoms with E-state index < -0.39 is 17.2 Å². The van der Waals surface area contributed by atoms with Gasteiger partial charge in [-0.15, -0.1) is 0 Å². The van der Waals surface area contributed by atoms with Crippen LogP contribution in [0.15, 0.2) is 0 Å². The van der Waals surface area contributed by atoms with Gasteiger partial charge in [0.05, 0.1) is 5.92 Å². The first kappa shape index (κ1) is 11.3. The van der Waals surface area contributed by atoms with E-state index in [2.05, 4.69) is 4.74 Å². The molecule has 0 bridgehead atoms. The van der Waals surface area contributed by atoms with Crippen LogP contribution in [-0.4, -0.2) is 38.6 Å². The highest BCUT2D eigenvalue weighted by Crippen LogP contribution is 2.18. The Kier molecular flexibility index (Phi) is 4.18. The lowest BCUT2D eigenvalue weighted by atomic mass is 9.99. The molecule has 1 saturated heterocycles. The third-order valence-electron chi connectivity index (χ3n) is 2.17. The molecule has 1 unspecified atom stereocenters. The zero-order valence-electron chi connectivity index (χ0n) is 7.42. The molecule has 0 aliphatic carbocycles. The summed E-state index contributed by atoms with van der Waals surface area (Å²) in [6, 6.07) is 0. The summed E-state index contributed by atoms with van der Waals surface area (Å²) in [6.45, 7) is 0.836. The average molecular weight is 221 g/mol. The Morgan fingerprint density at radius 2 is 2.07 bits per heavy atom. The van der Waals surface area contributed by atoms with E-state index in [1.165, 1.54) is 4.31 Å². The van der Waals surface area contributed by atoms with Crippen LogP contribution in [0, 0.1) is 5.92 Å². The summed E-state index contributed by atoms with van der Waals surface area (Å²) in [4.78, 5) is 21.0. The van der Waals surface area contributed by atoms with Crippen LogP contribution in [0.25, 0.3) is 0 Å². The maximum atomic E-state index is 11.1. The van der Waals surface area contributed by atoms with Crippen molar-refractivity contribution in [1.29, 1.82) is 0 Å². The van der Waals surface area contributed by atoms with Gasteiger partial charge in [0.15, 0.2) is 0 Å². The highest BCUT2D eigenvalue weighted by molar-refractivity contribution is 7.76. The van der Waals surface area contributed by atoms with Crippen LogP contribution in [0.2, 0.25) is 0 Å². The highest BCUT2D eigenvalue weighted by atomic mass is 32.2. The standard InChI is InChI=1S/C7H11NO5S/c9-5-13-7(10)6-1-3-8(4-2-6)14(11)12/h5-6H,1-4H2,(H,11,12). The highest BCUT2D eigenvalue weighted by Gasteiger charge is 2.27. The van der Waals surface area contributed by atoms with E-state index in [1.807, 2.05) is 0 Å². The molecule has 0 amide bonds. The number of carbonyl (C=O) groups excluding carboxylic acids is 2. The van der Waals surface area contributed by atoms with Crippen molar-refractivity contribution < 1.29 is 23.1 Å². The number of ether oxygens (including phenoxy) is 1. The van der Waals surface area contributed by atoms with E-state index in [-0.39, 0.29) is 12.4 Å². The number of nitrogens with zero attached hydrogens (tertiary/aromatic N) is 1. The Bertz CT molecular complexity index is 248. The van der Waals surface area contributed by atoms with Gasteiger partial charge >= 0.3 is 12.4 Å². The summed E-state index contributed by atoms with van der Waals surface area (Å²) in [5.41, 5.74) is 0. The van der Waals surface area contributed by atoms with Crippen LogP contribution in [-0.2, 0) is 25.6 Å². The van der Waals surface area contributed by atoms with Crippen molar-refractivity contribution in [1.82, 2.24) is 4.31 Å². The lowest BCUT2D eigenvalue weighted by Gasteiger charge is -2.26. The van der Waals surface area contributed by atoms with Gasteiger partial charge in [0, 0.05) is 13.1 Å². The Hall–Kier alpha value is -0.790.